The lowest BCUT2D eigenvalue weighted by Gasteiger charge is -2.22. The Morgan fingerprint density at radius 3 is 2.44 bits per heavy atom. The van der Waals surface area contributed by atoms with Gasteiger partial charge in [-0.3, -0.25) is 4.79 Å². The first-order chi connectivity index (χ1) is 13.1. The molecule has 1 N–H and O–H groups in total. The summed E-state index contributed by atoms with van der Waals surface area (Å²) in [6.45, 7) is 0.673. The molecule has 27 heavy (non-hydrogen) atoms. The molecule has 4 heteroatoms. The molecule has 1 aliphatic carbocycles. The highest BCUT2D eigenvalue weighted by molar-refractivity contribution is 5.87. The lowest BCUT2D eigenvalue weighted by molar-refractivity contribution is -0.128. The summed E-state index contributed by atoms with van der Waals surface area (Å²) in [6.07, 6.45) is 17.6. The molecule has 4 nitrogen and oxygen atoms in total. The number of aromatic carboxylic acids is 1. The van der Waals surface area contributed by atoms with Crippen molar-refractivity contribution in [3.8, 4) is 0 Å². The number of nitrogens with zero attached hydrogens (tertiary/aromatic N) is 1. The quantitative estimate of drug-likeness (QED) is 0.716. The van der Waals surface area contributed by atoms with E-state index in [4.69, 9.17) is 5.11 Å². The summed E-state index contributed by atoms with van der Waals surface area (Å²) in [5, 5.41) is 8.97. The summed E-state index contributed by atoms with van der Waals surface area (Å²) in [4.78, 5) is 25.1. The summed E-state index contributed by atoms with van der Waals surface area (Å²) in [6, 6.07) is 7.09. The summed E-state index contributed by atoms with van der Waals surface area (Å²) in [7, 11) is 0. The number of carbonyl (C=O) groups excluding carboxylic acids is 1. The van der Waals surface area contributed by atoms with E-state index in [9.17, 15) is 9.59 Å². The highest BCUT2D eigenvalue weighted by Gasteiger charge is 2.28. The van der Waals surface area contributed by atoms with Crippen molar-refractivity contribution < 1.29 is 14.7 Å². The van der Waals surface area contributed by atoms with E-state index in [0.29, 0.717) is 18.5 Å². The number of carboxylic acids is 1. The van der Waals surface area contributed by atoms with Crippen molar-refractivity contribution in [1.82, 2.24) is 4.90 Å². The van der Waals surface area contributed by atoms with Crippen molar-refractivity contribution in [2.75, 3.05) is 6.54 Å². The van der Waals surface area contributed by atoms with Crippen LogP contribution >= 0.6 is 0 Å². The molecule has 1 aromatic rings. The zero-order chi connectivity index (χ0) is 19.1. The summed E-state index contributed by atoms with van der Waals surface area (Å²) in [5.41, 5.74) is 1.35. The van der Waals surface area contributed by atoms with E-state index in [-0.39, 0.29) is 11.9 Å². The van der Waals surface area contributed by atoms with E-state index < -0.39 is 5.97 Å². The Hall–Kier alpha value is -2.36. The summed E-state index contributed by atoms with van der Waals surface area (Å²) >= 11 is 0. The first-order valence-electron chi connectivity index (χ1n) is 10.1. The van der Waals surface area contributed by atoms with Gasteiger partial charge >= 0.3 is 5.97 Å². The second-order valence-electron chi connectivity index (χ2n) is 7.61. The third-order valence-electron chi connectivity index (χ3n) is 5.69. The van der Waals surface area contributed by atoms with Gasteiger partial charge in [-0.05, 0) is 49.3 Å². The molecule has 0 spiro atoms. The number of benzene rings is 1. The molecule has 0 bridgehead atoms. The van der Waals surface area contributed by atoms with E-state index in [0.717, 1.165) is 24.3 Å². The Kier molecular flexibility index (Phi) is 6.86. The van der Waals surface area contributed by atoms with Crippen LogP contribution < -0.4 is 0 Å². The number of carbonyl (C=O) groups is 2. The van der Waals surface area contributed by atoms with E-state index in [1.165, 1.54) is 32.1 Å². The molecular formula is C23H29NO3. The Morgan fingerprint density at radius 2 is 1.74 bits per heavy atom. The predicted octanol–water partition coefficient (Wildman–Crippen LogP) is 4.61. The van der Waals surface area contributed by atoms with Gasteiger partial charge < -0.3 is 10.0 Å². The average molecular weight is 367 g/mol. The smallest absolute Gasteiger partial charge is 0.335 e. The largest absolute Gasteiger partial charge is 0.478 e. The van der Waals surface area contributed by atoms with Gasteiger partial charge in [-0.15, -0.1) is 0 Å². The van der Waals surface area contributed by atoms with Crippen LogP contribution in [0.4, 0.5) is 0 Å². The zero-order valence-electron chi connectivity index (χ0n) is 15.8. The minimum absolute atomic E-state index is 0.173. The molecule has 1 unspecified atom stereocenters. The van der Waals surface area contributed by atoms with Crippen molar-refractivity contribution in [2.24, 2.45) is 5.92 Å². The third-order valence-corrected chi connectivity index (χ3v) is 5.69. The van der Waals surface area contributed by atoms with Gasteiger partial charge in [0, 0.05) is 13.0 Å². The maximum absolute atomic E-state index is 12.2. The van der Waals surface area contributed by atoms with Gasteiger partial charge in [0.15, 0.2) is 0 Å². The molecule has 1 aromatic carbocycles. The van der Waals surface area contributed by atoms with E-state index in [2.05, 4.69) is 24.3 Å². The molecule has 0 aromatic heterocycles. The Morgan fingerprint density at radius 1 is 1.04 bits per heavy atom. The minimum Gasteiger partial charge on any atom is -0.478 e. The monoisotopic (exact) mass is 367 g/mol. The topological polar surface area (TPSA) is 57.6 Å². The number of carboxylic acid groups (broad SMARTS) is 1. The van der Waals surface area contributed by atoms with Crippen LogP contribution in [0, 0.1) is 5.92 Å². The highest BCUT2D eigenvalue weighted by Crippen LogP contribution is 2.25. The number of hydrogen-bond donors (Lipinski definition) is 1. The normalized spacial score (nSPS) is 21.6. The van der Waals surface area contributed by atoms with Crippen LogP contribution in [0.15, 0.2) is 48.6 Å². The Labute approximate surface area is 161 Å². The number of hydrogen-bond acceptors (Lipinski definition) is 2. The third kappa shape index (κ3) is 5.56. The van der Waals surface area contributed by atoms with Gasteiger partial charge in [-0.2, -0.15) is 0 Å². The second kappa shape index (κ2) is 9.54. The van der Waals surface area contributed by atoms with Gasteiger partial charge in [0.25, 0.3) is 0 Å². The van der Waals surface area contributed by atoms with E-state index in [1.54, 1.807) is 12.1 Å². The van der Waals surface area contributed by atoms with Crippen LogP contribution in [0.2, 0.25) is 0 Å². The van der Waals surface area contributed by atoms with Gasteiger partial charge in [0.1, 0.15) is 0 Å². The maximum atomic E-state index is 12.2. The first-order valence-corrected chi connectivity index (χ1v) is 10.1. The van der Waals surface area contributed by atoms with Crippen molar-refractivity contribution in [2.45, 2.75) is 57.4 Å². The molecule has 1 aliphatic heterocycles. The van der Waals surface area contributed by atoms with Crippen molar-refractivity contribution in [3.05, 3.63) is 59.7 Å². The fraction of sp³-hybridized carbons (Fsp3) is 0.478. The summed E-state index contributed by atoms with van der Waals surface area (Å²) < 4.78 is 0. The van der Waals surface area contributed by atoms with Crippen LogP contribution in [-0.4, -0.2) is 34.5 Å². The van der Waals surface area contributed by atoms with Crippen LogP contribution in [0.5, 0.6) is 0 Å². The molecule has 1 saturated carbocycles. The molecular weight excluding hydrogens is 338 g/mol. The van der Waals surface area contributed by atoms with E-state index in [1.807, 2.05) is 17.0 Å². The van der Waals surface area contributed by atoms with E-state index >= 15 is 0 Å². The molecule has 1 heterocycles. The molecule has 144 valence electrons. The van der Waals surface area contributed by atoms with Crippen LogP contribution in [0.3, 0.4) is 0 Å². The first kappa shape index (κ1) is 19.4. The number of allylic oxidation sites excluding steroid dienone is 3. The second-order valence-corrected chi connectivity index (χ2v) is 7.61. The standard InChI is InChI=1S/C23H29NO3/c25-22-15-14-21(9-5-4-8-18-6-2-1-3-7-18)24(22)17-16-19-10-12-20(13-11-19)23(26)27/h4-5,8-13,18,21H,1-3,6-7,14-17H2,(H,26,27). The van der Waals surface area contributed by atoms with Crippen molar-refractivity contribution in [3.63, 3.8) is 0 Å². The average Bonchev–Trinajstić information content (AvgIpc) is 3.04. The van der Waals surface area contributed by atoms with Gasteiger partial charge in [0.2, 0.25) is 5.91 Å². The van der Waals surface area contributed by atoms with Crippen molar-refractivity contribution in [1.29, 1.82) is 0 Å². The lowest BCUT2D eigenvalue weighted by Crippen LogP contribution is -2.33. The molecule has 1 saturated heterocycles. The molecule has 2 aliphatic rings. The molecule has 3 rings (SSSR count). The number of likely N-dealkylation sites (tertiary alicyclic amines) is 1. The van der Waals surface area contributed by atoms with Crippen LogP contribution in [0.1, 0.15) is 60.9 Å². The molecule has 2 fully saturated rings. The molecule has 1 atom stereocenters. The summed E-state index contributed by atoms with van der Waals surface area (Å²) in [5.74, 6) is 0.0179. The fourth-order valence-electron chi connectivity index (χ4n) is 4.05. The Bertz CT molecular complexity index is 699. The fourth-order valence-corrected chi connectivity index (χ4v) is 4.05. The van der Waals surface area contributed by atoms with Crippen molar-refractivity contribution >= 4 is 11.9 Å². The number of amides is 1. The molecule has 0 radical (unpaired) electrons. The number of rotatable bonds is 7. The zero-order valence-corrected chi connectivity index (χ0v) is 15.8. The maximum Gasteiger partial charge on any atom is 0.335 e. The van der Waals surface area contributed by atoms with Gasteiger partial charge in [0.05, 0.1) is 11.6 Å². The highest BCUT2D eigenvalue weighted by atomic mass is 16.4. The van der Waals surface area contributed by atoms with Gasteiger partial charge in [-0.1, -0.05) is 55.7 Å². The minimum atomic E-state index is -0.914. The lowest BCUT2D eigenvalue weighted by atomic mass is 9.89. The van der Waals surface area contributed by atoms with Gasteiger partial charge in [-0.25, -0.2) is 4.79 Å². The Balaban J connectivity index is 1.51. The van der Waals surface area contributed by atoms with Crippen LogP contribution in [-0.2, 0) is 11.2 Å². The van der Waals surface area contributed by atoms with Crippen LogP contribution in [0.25, 0.3) is 0 Å². The molecule has 1 amide bonds. The SMILES string of the molecule is O=C(O)c1ccc(CCN2C(=O)CCC2C=CC=CC2CCCCC2)cc1. The predicted molar refractivity (Wildman–Crippen MR) is 107 cm³/mol.